The summed E-state index contributed by atoms with van der Waals surface area (Å²) in [6.07, 6.45) is 5.06. The molecular formula is C25H25N5O3. The molecule has 3 aromatic rings. The standard InChI is InChI=1S/C25H25N5O3/c26-15-16-9-11-18(12-10-16)24(33)29-25-28-22-19(23(32)17-5-2-1-3-6-17)7-4-8-20(22)30(25)14-13-21(27)31/h4,7-12,17H,1-3,5-6,13-14H2,(H2,27,31)(H,28,29,33). The molecule has 8 nitrogen and oxygen atoms in total. The van der Waals surface area contributed by atoms with E-state index in [-0.39, 0.29) is 30.6 Å². The van der Waals surface area contributed by atoms with Crippen LogP contribution in [-0.4, -0.2) is 27.1 Å². The topological polar surface area (TPSA) is 131 Å². The van der Waals surface area contributed by atoms with Gasteiger partial charge >= 0.3 is 0 Å². The summed E-state index contributed by atoms with van der Waals surface area (Å²) in [7, 11) is 0. The van der Waals surface area contributed by atoms with Gasteiger partial charge in [0.1, 0.15) is 5.52 Å². The van der Waals surface area contributed by atoms with Crippen molar-refractivity contribution in [3.8, 4) is 6.07 Å². The van der Waals surface area contributed by atoms with Crippen molar-refractivity contribution in [1.29, 1.82) is 5.26 Å². The van der Waals surface area contributed by atoms with E-state index in [0.29, 0.717) is 27.7 Å². The van der Waals surface area contributed by atoms with E-state index in [1.807, 2.05) is 12.1 Å². The van der Waals surface area contributed by atoms with Crippen LogP contribution in [0.25, 0.3) is 11.0 Å². The highest BCUT2D eigenvalue weighted by molar-refractivity contribution is 6.09. The van der Waals surface area contributed by atoms with Crippen LogP contribution in [0.5, 0.6) is 0 Å². The summed E-state index contributed by atoms with van der Waals surface area (Å²) in [5.41, 5.74) is 7.87. The van der Waals surface area contributed by atoms with E-state index in [2.05, 4.69) is 10.3 Å². The van der Waals surface area contributed by atoms with E-state index in [0.717, 1.165) is 32.1 Å². The van der Waals surface area contributed by atoms with Crippen LogP contribution in [0.4, 0.5) is 5.95 Å². The van der Waals surface area contributed by atoms with Crippen molar-refractivity contribution in [2.45, 2.75) is 45.1 Å². The maximum atomic E-state index is 13.3. The molecule has 0 radical (unpaired) electrons. The SMILES string of the molecule is N#Cc1ccc(C(=O)Nc2nc3c(C(=O)C4CCCCC4)cccc3n2CCC(N)=O)cc1. The Bertz CT molecular complexity index is 1250. The molecule has 0 spiro atoms. The van der Waals surface area contributed by atoms with Gasteiger partial charge in [-0.05, 0) is 49.2 Å². The molecule has 2 aromatic carbocycles. The molecule has 0 aliphatic heterocycles. The average molecular weight is 444 g/mol. The quantitative estimate of drug-likeness (QED) is 0.536. The Morgan fingerprint density at radius 1 is 1.09 bits per heavy atom. The normalized spacial score (nSPS) is 14.0. The Morgan fingerprint density at radius 2 is 1.82 bits per heavy atom. The number of Topliss-reactive ketones (excluding diaryl/α,β-unsaturated/α-hetero) is 1. The zero-order valence-electron chi connectivity index (χ0n) is 18.2. The molecule has 0 unspecified atom stereocenters. The van der Waals surface area contributed by atoms with Crippen LogP contribution in [0, 0.1) is 17.2 Å². The number of benzene rings is 2. The molecule has 4 rings (SSSR count). The summed E-state index contributed by atoms with van der Waals surface area (Å²) in [4.78, 5) is 42.2. The van der Waals surface area contributed by atoms with Gasteiger partial charge in [0.15, 0.2) is 5.78 Å². The minimum Gasteiger partial charge on any atom is -0.370 e. The van der Waals surface area contributed by atoms with Crippen LogP contribution in [0.2, 0.25) is 0 Å². The molecule has 2 amide bonds. The Balaban J connectivity index is 1.71. The van der Waals surface area contributed by atoms with E-state index in [1.54, 1.807) is 41.0 Å². The zero-order chi connectivity index (χ0) is 23.4. The lowest BCUT2D eigenvalue weighted by molar-refractivity contribution is -0.118. The summed E-state index contributed by atoms with van der Waals surface area (Å²) >= 11 is 0. The third-order valence-corrected chi connectivity index (χ3v) is 6.10. The number of nitrogens with two attached hydrogens (primary N) is 1. The van der Waals surface area contributed by atoms with Crippen LogP contribution in [0.3, 0.4) is 0 Å². The van der Waals surface area contributed by atoms with Crippen LogP contribution in [-0.2, 0) is 11.3 Å². The second kappa shape index (κ2) is 9.65. The average Bonchev–Trinajstić information content (AvgIpc) is 3.19. The number of nitrogens with one attached hydrogen (secondary N) is 1. The number of rotatable bonds is 7. The second-order valence-corrected chi connectivity index (χ2v) is 8.32. The predicted octanol–water partition coefficient (Wildman–Crippen LogP) is 3.80. The molecule has 0 bridgehead atoms. The smallest absolute Gasteiger partial charge is 0.257 e. The highest BCUT2D eigenvalue weighted by atomic mass is 16.2. The third kappa shape index (κ3) is 4.77. The fraction of sp³-hybridized carbons (Fsp3) is 0.320. The van der Waals surface area contributed by atoms with E-state index >= 15 is 0 Å². The predicted molar refractivity (Wildman–Crippen MR) is 124 cm³/mol. The lowest BCUT2D eigenvalue weighted by atomic mass is 9.83. The van der Waals surface area contributed by atoms with Crippen molar-refractivity contribution in [2.75, 3.05) is 5.32 Å². The number of carbonyl (C=O) groups is 3. The second-order valence-electron chi connectivity index (χ2n) is 8.32. The number of hydrogen-bond acceptors (Lipinski definition) is 5. The highest BCUT2D eigenvalue weighted by Gasteiger charge is 2.26. The van der Waals surface area contributed by atoms with Gasteiger partial charge in [0, 0.05) is 30.0 Å². The van der Waals surface area contributed by atoms with Gasteiger partial charge in [-0.3, -0.25) is 19.7 Å². The van der Waals surface area contributed by atoms with Gasteiger partial charge in [-0.25, -0.2) is 4.98 Å². The molecule has 1 aliphatic rings. The van der Waals surface area contributed by atoms with E-state index in [9.17, 15) is 14.4 Å². The number of amides is 2. The van der Waals surface area contributed by atoms with Crippen molar-refractivity contribution < 1.29 is 14.4 Å². The summed E-state index contributed by atoms with van der Waals surface area (Å²) in [5.74, 6) is -0.586. The van der Waals surface area contributed by atoms with Gasteiger partial charge < -0.3 is 10.3 Å². The Labute approximate surface area is 191 Å². The molecule has 0 atom stereocenters. The van der Waals surface area contributed by atoms with E-state index < -0.39 is 11.8 Å². The number of aromatic nitrogens is 2. The number of nitriles is 1. The molecule has 1 aromatic heterocycles. The molecule has 1 saturated carbocycles. The molecule has 168 valence electrons. The Morgan fingerprint density at radius 3 is 2.48 bits per heavy atom. The lowest BCUT2D eigenvalue weighted by Gasteiger charge is -2.20. The van der Waals surface area contributed by atoms with Gasteiger partial charge in [0.05, 0.1) is 17.1 Å². The van der Waals surface area contributed by atoms with Gasteiger partial charge in [-0.1, -0.05) is 25.3 Å². The van der Waals surface area contributed by atoms with Crippen molar-refractivity contribution >= 4 is 34.6 Å². The molecule has 0 saturated heterocycles. The molecule has 1 aliphatic carbocycles. The number of para-hydroxylation sites is 1. The maximum Gasteiger partial charge on any atom is 0.257 e. The summed E-state index contributed by atoms with van der Waals surface area (Å²) in [6.45, 7) is 0.218. The molecular weight excluding hydrogens is 418 g/mol. The number of ketones is 1. The number of anilines is 1. The lowest BCUT2D eigenvalue weighted by Crippen LogP contribution is -2.18. The Kier molecular flexibility index (Phi) is 6.50. The van der Waals surface area contributed by atoms with Gasteiger partial charge in [-0.15, -0.1) is 0 Å². The van der Waals surface area contributed by atoms with Crippen molar-refractivity contribution in [2.24, 2.45) is 11.7 Å². The number of imidazole rings is 1. The molecule has 3 N–H and O–H groups in total. The first-order valence-corrected chi connectivity index (χ1v) is 11.1. The fourth-order valence-electron chi connectivity index (χ4n) is 4.34. The van der Waals surface area contributed by atoms with E-state index in [4.69, 9.17) is 11.0 Å². The number of nitrogens with zero attached hydrogens (tertiary/aromatic N) is 3. The third-order valence-electron chi connectivity index (χ3n) is 6.10. The van der Waals surface area contributed by atoms with Crippen molar-refractivity contribution in [3.63, 3.8) is 0 Å². The summed E-state index contributed by atoms with van der Waals surface area (Å²) in [5, 5.41) is 11.7. The van der Waals surface area contributed by atoms with Gasteiger partial charge in [-0.2, -0.15) is 5.26 Å². The van der Waals surface area contributed by atoms with Crippen LogP contribution in [0.1, 0.15) is 64.8 Å². The van der Waals surface area contributed by atoms with Crippen molar-refractivity contribution in [3.05, 3.63) is 59.2 Å². The first kappa shape index (κ1) is 22.2. The van der Waals surface area contributed by atoms with Gasteiger partial charge in [0.2, 0.25) is 11.9 Å². The summed E-state index contributed by atoms with van der Waals surface area (Å²) in [6, 6.07) is 13.6. The largest absolute Gasteiger partial charge is 0.370 e. The Hall–Kier alpha value is -3.99. The number of fused-ring (bicyclic) bond motifs is 1. The van der Waals surface area contributed by atoms with Crippen LogP contribution >= 0.6 is 0 Å². The minimum atomic E-state index is -0.476. The molecule has 33 heavy (non-hydrogen) atoms. The number of aryl methyl sites for hydroxylation is 1. The number of primary amides is 1. The van der Waals surface area contributed by atoms with Crippen LogP contribution in [0.15, 0.2) is 42.5 Å². The van der Waals surface area contributed by atoms with Gasteiger partial charge in [0.25, 0.3) is 5.91 Å². The molecule has 8 heteroatoms. The van der Waals surface area contributed by atoms with Crippen molar-refractivity contribution in [1.82, 2.24) is 9.55 Å². The van der Waals surface area contributed by atoms with Crippen LogP contribution < -0.4 is 11.1 Å². The number of hydrogen-bond donors (Lipinski definition) is 2. The molecule has 1 fully saturated rings. The number of carbonyl (C=O) groups excluding carboxylic acids is 3. The minimum absolute atomic E-state index is 0.0168. The maximum absolute atomic E-state index is 13.3. The summed E-state index contributed by atoms with van der Waals surface area (Å²) < 4.78 is 1.71. The molecule has 1 heterocycles. The first-order chi connectivity index (χ1) is 16.0. The fourth-order valence-corrected chi connectivity index (χ4v) is 4.34. The first-order valence-electron chi connectivity index (χ1n) is 11.1. The van der Waals surface area contributed by atoms with E-state index in [1.165, 1.54) is 0 Å². The highest BCUT2D eigenvalue weighted by Crippen LogP contribution is 2.31. The zero-order valence-corrected chi connectivity index (χ0v) is 18.2. The monoisotopic (exact) mass is 443 g/mol.